The predicted octanol–water partition coefficient (Wildman–Crippen LogP) is 1.26. The van der Waals surface area contributed by atoms with Crippen molar-refractivity contribution in [1.29, 1.82) is 0 Å². The van der Waals surface area contributed by atoms with Gasteiger partial charge in [-0.25, -0.2) is 9.97 Å². The molecule has 0 amide bonds. The van der Waals surface area contributed by atoms with Gasteiger partial charge in [0.25, 0.3) is 0 Å². The highest BCUT2D eigenvalue weighted by molar-refractivity contribution is 5.87. The van der Waals surface area contributed by atoms with E-state index in [9.17, 15) is 0 Å². The molecule has 2 aromatic heterocycles. The summed E-state index contributed by atoms with van der Waals surface area (Å²) in [6, 6.07) is 0. The molecule has 18 heavy (non-hydrogen) atoms. The van der Waals surface area contributed by atoms with E-state index in [0.29, 0.717) is 6.10 Å². The second kappa shape index (κ2) is 4.53. The maximum atomic E-state index is 5.59. The Kier molecular flexibility index (Phi) is 2.87. The molecule has 1 aliphatic rings. The molecule has 1 atom stereocenters. The van der Waals surface area contributed by atoms with Gasteiger partial charge in [0, 0.05) is 20.2 Å². The van der Waals surface area contributed by atoms with Crippen LogP contribution in [0.2, 0.25) is 0 Å². The van der Waals surface area contributed by atoms with E-state index < -0.39 is 0 Å². The second-order valence-corrected chi connectivity index (χ2v) is 4.64. The number of aromatic nitrogens is 4. The van der Waals surface area contributed by atoms with Crippen molar-refractivity contribution in [1.82, 2.24) is 19.7 Å². The number of hydrogen-bond donors (Lipinski definition) is 1. The maximum absolute atomic E-state index is 5.59. The van der Waals surface area contributed by atoms with Crippen LogP contribution in [0.4, 0.5) is 5.82 Å². The van der Waals surface area contributed by atoms with Gasteiger partial charge >= 0.3 is 0 Å². The van der Waals surface area contributed by atoms with Crippen LogP contribution in [-0.2, 0) is 11.8 Å². The Labute approximate surface area is 105 Å². The zero-order valence-electron chi connectivity index (χ0n) is 10.7. The molecule has 1 fully saturated rings. The number of hydrogen-bond acceptors (Lipinski definition) is 5. The molecule has 1 saturated heterocycles. The zero-order chi connectivity index (χ0) is 12.5. The van der Waals surface area contributed by atoms with E-state index in [1.165, 1.54) is 0 Å². The van der Waals surface area contributed by atoms with Crippen LogP contribution in [0.5, 0.6) is 0 Å². The summed E-state index contributed by atoms with van der Waals surface area (Å²) in [5.41, 5.74) is 2.78. The second-order valence-electron chi connectivity index (χ2n) is 4.64. The molecule has 0 bridgehead atoms. The molecule has 0 saturated carbocycles. The van der Waals surface area contributed by atoms with Crippen LogP contribution in [0.25, 0.3) is 11.0 Å². The van der Waals surface area contributed by atoms with Gasteiger partial charge in [-0.15, -0.1) is 0 Å². The molecular formula is C12H17N5O. The molecule has 0 radical (unpaired) electrons. The molecule has 3 rings (SSSR count). The summed E-state index contributed by atoms with van der Waals surface area (Å²) in [6.07, 6.45) is 4.14. The van der Waals surface area contributed by atoms with E-state index in [2.05, 4.69) is 20.4 Å². The van der Waals surface area contributed by atoms with Crippen LogP contribution in [-0.4, -0.2) is 39.0 Å². The number of aryl methyl sites for hydroxylation is 2. The number of ether oxygens (including phenoxy) is 1. The summed E-state index contributed by atoms with van der Waals surface area (Å²) in [6.45, 7) is 3.62. The number of fused-ring (bicyclic) bond motifs is 1. The van der Waals surface area contributed by atoms with Gasteiger partial charge < -0.3 is 10.1 Å². The SMILES string of the molecule is Cc1nn(C)c2c(NC[C@@H]3CCCO3)ncnc12. The Morgan fingerprint density at radius 3 is 3.17 bits per heavy atom. The minimum absolute atomic E-state index is 0.296. The Hall–Kier alpha value is -1.69. The molecule has 0 spiro atoms. The zero-order valence-corrected chi connectivity index (χ0v) is 10.7. The summed E-state index contributed by atoms with van der Waals surface area (Å²) < 4.78 is 7.42. The van der Waals surface area contributed by atoms with Crippen LogP contribution >= 0.6 is 0 Å². The first-order chi connectivity index (χ1) is 8.75. The largest absolute Gasteiger partial charge is 0.376 e. The van der Waals surface area contributed by atoms with Gasteiger partial charge in [0.2, 0.25) is 0 Å². The average molecular weight is 247 g/mol. The molecular weight excluding hydrogens is 230 g/mol. The van der Waals surface area contributed by atoms with E-state index in [-0.39, 0.29) is 0 Å². The Morgan fingerprint density at radius 1 is 1.50 bits per heavy atom. The summed E-state index contributed by atoms with van der Waals surface area (Å²) >= 11 is 0. The maximum Gasteiger partial charge on any atom is 0.155 e. The van der Waals surface area contributed by atoms with Crippen molar-refractivity contribution in [2.75, 3.05) is 18.5 Å². The van der Waals surface area contributed by atoms with Crippen LogP contribution in [0.3, 0.4) is 0 Å². The molecule has 0 aromatic carbocycles. The minimum Gasteiger partial charge on any atom is -0.376 e. The number of anilines is 1. The van der Waals surface area contributed by atoms with E-state index in [1.807, 2.05) is 18.7 Å². The van der Waals surface area contributed by atoms with Gasteiger partial charge in [-0.3, -0.25) is 4.68 Å². The summed E-state index contributed by atoms with van der Waals surface area (Å²) in [7, 11) is 1.91. The van der Waals surface area contributed by atoms with Crippen LogP contribution < -0.4 is 5.32 Å². The smallest absolute Gasteiger partial charge is 0.155 e. The van der Waals surface area contributed by atoms with Crippen molar-refractivity contribution in [3.05, 3.63) is 12.0 Å². The lowest BCUT2D eigenvalue weighted by Gasteiger charge is -2.11. The first-order valence-electron chi connectivity index (χ1n) is 6.25. The fraction of sp³-hybridized carbons (Fsp3) is 0.583. The number of nitrogens with zero attached hydrogens (tertiary/aromatic N) is 4. The van der Waals surface area contributed by atoms with E-state index >= 15 is 0 Å². The fourth-order valence-electron chi connectivity index (χ4n) is 2.42. The van der Waals surface area contributed by atoms with Gasteiger partial charge in [0.05, 0.1) is 11.8 Å². The van der Waals surface area contributed by atoms with Crippen LogP contribution in [0.1, 0.15) is 18.5 Å². The van der Waals surface area contributed by atoms with E-state index in [0.717, 1.165) is 48.5 Å². The number of rotatable bonds is 3. The molecule has 96 valence electrons. The Bertz CT molecular complexity index is 559. The van der Waals surface area contributed by atoms with Gasteiger partial charge in [-0.1, -0.05) is 0 Å². The monoisotopic (exact) mass is 247 g/mol. The molecule has 6 nitrogen and oxygen atoms in total. The van der Waals surface area contributed by atoms with Crippen LogP contribution in [0.15, 0.2) is 6.33 Å². The van der Waals surface area contributed by atoms with E-state index in [4.69, 9.17) is 4.74 Å². The van der Waals surface area contributed by atoms with Crippen molar-refractivity contribution in [3.8, 4) is 0 Å². The summed E-state index contributed by atoms with van der Waals surface area (Å²) in [4.78, 5) is 8.58. The van der Waals surface area contributed by atoms with Crippen LogP contribution in [0, 0.1) is 6.92 Å². The molecule has 3 heterocycles. The highest BCUT2D eigenvalue weighted by atomic mass is 16.5. The third-order valence-electron chi connectivity index (χ3n) is 3.31. The van der Waals surface area contributed by atoms with E-state index in [1.54, 1.807) is 6.33 Å². The topological polar surface area (TPSA) is 64.9 Å². The molecule has 0 unspecified atom stereocenters. The lowest BCUT2D eigenvalue weighted by Crippen LogP contribution is -2.19. The molecule has 0 aliphatic carbocycles. The Balaban J connectivity index is 1.86. The van der Waals surface area contributed by atoms with Gasteiger partial charge in [0.1, 0.15) is 17.4 Å². The third-order valence-corrected chi connectivity index (χ3v) is 3.31. The molecule has 1 N–H and O–H groups in total. The van der Waals surface area contributed by atoms with Crippen molar-refractivity contribution < 1.29 is 4.74 Å². The molecule has 6 heteroatoms. The highest BCUT2D eigenvalue weighted by Crippen LogP contribution is 2.21. The first kappa shape index (κ1) is 11.4. The predicted molar refractivity (Wildman–Crippen MR) is 68.5 cm³/mol. The average Bonchev–Trinajstić information content (AvgIpc) is 2.97. The Morgan fingerprint density at radius 2 is 2.39 bits per heavy atom. The van der Waals surface area contributed by atoms with Gasteiger partial charge in [-0.05, 0) is 19.8 Å². The highest BCUT2D eigenvalue weighted by Gasteiger charge is 2.17. The lowest BCUT2D eigenvalue weighted by atomic mass is 10.2. The summed E-state index contributed by atoms with van der Waals surface area (Å²) in [5.74, 6) is 0.832. The van der Waals surface area contributed by atoms with Gasteiger partial charge in [0.15, 0.2) is 5.82 Å². The summed E-state index contributed by atoms with van der Waals surface area (Å²) in [5, 5.41) is 7.72. The first-order valence-corrected chi connectivity index (χ1v) is 6.25. The normalized spacial score (nSPS) is 19.6. The van der Waals surface area contributed by atoms with Crippen molar-refractivity contribution >= 4 is 16.9 Å². The van der Waals surface area contributed by atoms with Gasteiger partial charge in [-0.2, -0.15) is 5.10 Å². The third kappa shape index (κ3) is 1.92. The fourth-order valence-corrected chi connectivity index (χ4v) is 2.42. The van der Waals surface area contributed by atoms with Crippen molar-refractivity contribution in [3.63, 3.8) is 0 Å². The quantitative estimate of drug-likeness (QED) is 0.884. The standard InChI is InChI=1S/C12H17N5O/c1-8-10-11(17(2)16-8)12(15-7-14-10)13-6-9-4-3-5-18-9/h7,9H,3-6H2,1-2H3,(H,13,14,15)/t9-/m0/s1. The molecule has 2 aromatic rings. The lowest BCUT2D eigenvalue weighted by molar-refractivity contribution is 0.120. The minimum atomic E-state index is 0.296. The van der Waals surface area contributed by atoms with Crippen molar-refractivity contribution in [2.24, 2.45) is 7.05 Å². The molecule has 1 aliphatic heterocycles. The number of nitrogens with one attached hydrogen (secondary N) is 1. The van der Waals surface area contributed by atoms with Crippen molar-refractivity contribution in [2.45, 2.75) is 25.9 Å².